The van der Waals surface area contributed by atoms with Gasteiger partial charge in [0.1, 0.15) is 5.82 Å². The summed E-state index contributed by atoms with van der Waals surface area (Å²) in [5.41, 5.74) is 5.35. The van der Waals surface area contributed by atoms with Gasteiger partial charge in [0.05, 0.1) is 0 Å². The largest absolute Gasteiger partial charge is 0.367 e. The first-order valence-electron chi connectivity index (χ1n) is 4.23. The van der Waals surface area contributed by atoms with Crippen LogP contribution in [0.1, 0.15) is 19.9 Å². The molecule has 68 valence electrons. The van der Waals surface area contributed by atoms with Crippen molar-refractivity contribution in [2.75, 3.05) is 18.4 Å². The Morgan fingerprint density at radius 1 is 1.67 bits per heavy atom. The summed E-state index contributed by atoms with van der Waals surface area (Å²) in [5.74, 6) is 0.897. The molecule has 0 radical (unpaired) electrons. The van der Waals surface area contributed by atoms with Crippen LogP contribution in [0.2, 0.25) is 0 Å². The first-order chi connectivity index (χ1) is 5.74. The molecule has 0 amide bonds. The summed E-state index contributed by atoms with van der Waals surface area (Å²) in [4.78, 5) is 0. The first kappa shape index (κ1) is 9.06. The quantitative estimate of drug-likeness (QED) is 0.700. The fourth-order valence-corrected chi connectivity index (χ4v) is 0.920. The second kappa shape index (κ2) is 4.11. The highest BCUT2D eigenvalue weighted by molar-refractivity contribution is 5.31. The molecule has 0 aromatic carbocycles. The van der Waals surface area contributed by atoms with E-state index in [2.05, 4.69) is 24.3 Å². The van der Waals surface area contributed by atoms with Crippen LogP contribution in [0.25, 0.3) is 0 Å². The van der Waals surface area contributed by atoms with E-state index in [1.807, 2.05) is 16.9 Å². The number of nitrogens with two attached hydrogens (primary N) is 1. The minimum atomic E-state index is 0.415. The lowest BCUT2D eigenvalue weighted by Gasteiger charge is -2.04. The maximum atomic E-state index is 5.35. The molecule has 0 unspecified atom stereocenters. The van der Waals surface area contributed by atoms with E-state index >= 15 is 0 Å². The average molecular weight is 168 g/mol. The third-order valence-corrected chi connectivity index (χ3v) is 1.59. The number of hydrogen-bond donors (Lipinski definition) is 2. The van der Waals surface area contributed by atoms with Gasteiger partial charge in [0.2, 0.25) is 0 Å². The van der Waals surface area contributed by atoms with Crippen molar-refractivity contribution in [1.82, 2.24) is 9.78 Å². The second-order valence-electron chi connectivity index (χ2n) is 2.99. The molecule has 0 atom stereocenters. The molecule has 0 bridgehead atoms. The molecule has 0 aliphatic rings. The fourth-order valence-electron chi connectivity index (χ4n) is 0.920. The van der Waals surface area contributed by atoms with Gasteiger partial charge in [-0.05, 0) is 13.8 Å². The van der Waals surface area contributed by atoms with E-state index in [-0.39, 0.29) is 0 Å². The van der Waals surface area contributed by atoms with Crippen molar-refractivity contribution in [2.45, 2.75) is 19.9 Å². The van der Waals surface area contributed by atoms with Gasteiger partial charge in [0.15, 0.2) is 0 Å². The van der Waals surface area contributed by atoms with Crippen LogP contribution in [0, 0.1) is 0 Å². The van der Waals surface area contributed by atoms with E-state index in [9.17, 15) is 0 Å². The first-order valence-corrected chi connectivity index (χ1v) is 4.23. The molecule has 0 aliphatic heterocycles. The Kier molecular flexibility index (Phi) is 3.10. The molecule has 0 aliphatic carbocycles. The normalized spacial score (nSPS) is 10.7. The van der Waals surface area contributed by atoms with E-state index in [1.165, 1.54) is 0 Å². The Morgan fingerprint density at radius 3 is 2.92 bits per heavy atom. The van der Waals surface area contributed by atoms with Crippen LogP contribution in [0.15, 0.2) is 12.3 Å². The molecule has 1 rings (SSSR count). The van der Waals surface area contributed by atoms with Crippen LogP contribution in [0.4, 0.5) is 5.82 Å². The van der Waals surface area contributed by atoms with Gasteiger partial charge in [-0.3, -0.25) is 4.68 Å². The van der Waals surface area contributed by atoms with Gasteiger partial charge >= 0.3 is 0 Å². The summed E-state index contributed by atoms with van der Waals surface area (Å²) in [6.07, 6.45) is 1.96. The monoisotopic (exact) mass is 168 g/mol. The molecule has 4 heteroatoms. The van der Waals surface area contributed by atoms with Crippen molar-refractivity contribution in [3.63, 3.8) is 0 Å². The third-order valence-electron chi connectivity index (χ3n) is 1.59. The van der Waals surface area contributed by atoms with Crippen LogP contribution in [-0.4, -0.2) is 22.9 Å². The highest BCUT2D eigenvalue weighted by Crippen LogP contribution is 2.07. The number of anilines is 1. The molecule has 1 aromatic rings. The topological polar surface area (TPSA) is 55.9 Å². The number of nitrogens with one attached hydrogen (secondary N) is 1. The van der Waals surface area contributed by atoms with Crippen LogP contribution in [-0.2, 0) is 0 Å². The van der Waals surface area contributed by atoms with E-state index in [0.29, 0.717) is 12.6 Å². The highest BCUT2D eigenvalue weighted by atomic mass is 15.3. The predicted molar refractivity (Wildman–Crippen MR) is 50.2 cm³/mol. The van der Waals surface area contributed by atoms with Gasteiger partial charge in [-0.15, -0.1) is 0 Å². The zero-order chi connectivity index (χ0) is 8.97. The Balaban J connectivity index is 2.52. The molecule has 3 N–H and O–H groups in total. The average Bonchev–Trinajstić information content (AvgIpc) is 2.48. The zero-order valence-electron chi connectivity index (χ0n) is 7.62. The molecular weight excluding hydrogens is 152 g/mol. The van der Waals surface area contributed by atoms with Crippen molar-refractivity contribution in [2.24, 2.45) is 5.73 Å². The summed E-state index contributed by atoms with van der Waals surface area (Å²) in [6.45, 7) is 5.60. The molecule has 0 fully saturated rings. The molecule has 4 nitrogen and oxygen atoms in total. The number of nitrogens with zero attached hydrogens (tertiary/aromatic N) is 2. The van der Waals surface area contributed by atoms with E-state index in [4.69, 9.17) is 5.73 Å². The van der Waals surface area contributed by atoms with Gasteiger partial charge in [0, 0.05) is 31.4 Å². The SMILES string of the molecule is CC(C)n1ccc(NCCN)n1. The molecule has 0 saturated heterocycles. The van der Waals surface area contributed by atoms with Gasteiger partial charge in [-0.2, -0.15) is 5.10 Å². The lowest BCUT2D eigenvalue weighted by molar-refractivity contribution is 0.534. The Hall–Kier alpha value is -1.03. The molecule has 12 heavy (non-hydrogen) atoms. The van der Waals surface area contributed by atoms with Crippen LogP contribution < -0.4 is 11.1 Å². The van der Waals surface area contributed by atoms with E-state index < -0.39 is 0 Å². The minimum absolute atomic E-state index is 0.415. The molecule has 0 saturated carbocycles. The highest BCUT2D eigenvalue weighted by Gasteiger charge is 1.99. The molecule has 1 heterocycles. The van der Waals surface area contributed by atoms with Crippen molar-refractivity contribution in [3.05, 3.63) is 12.3 Å². The Bertz CT molecular complexity index is 229. The summed E-state index contributed by atoms with van der Waals surface area (Å²) in [5, 5.41) is 7.41. The summed E-state index contributed by atoms with van der Waals surface area (Å²) >= 11 is 0. The van der Waals surface area contributed by atoms with Gasteiger partial charge in [-0.25, -0.2) is 0 Å². The number of hydrogen-bond acceptors (Lipinski definition) is 3. The van der Waals surface area contributed by atoms with Crippen molar-refractivity contribution >= 4 is 5.82 Å². The van der Waals surface area contributed by atoms with Crippen molar-refractivity contribution < 1.29 is 0 Å². The van der Waals surface area contributed by atoms with E-state index in [0.717, 1.165) is 12.4 Å². The summed E-state index contributed by atoms with van der Waals surface area (Å²) in [6, 6.07) is 2.37. The van der Waals surface area contributed by atoms with Gasteiger partial charge in [-0.1, -0.05) is 0 Å². The summed E-state index contributed by atoms with van der Waals surface area (Å²) < 4.78 is 1.92. The van der Waals surface area contributed by atoms with Crippen LogP contribution in [0.5, 0.6) is 0 Å². The zero-order valence-corrected chi connectivity index (χ0v) is 7.62. The lowest BCUT2D eigenvalue weighted by Crippen LogP contribution is -2.13. The minimum Gasteiger partial charge on any atom is -0.367 e. The maximum absolute atomic E-state index is 5.35. The lowest BCUT2D eigenvalue weighted by atomic mass is 10.4. The van der Waals surface area contributed by atoms with Crippen molar-refractivity contribution in [3.8, 4) is 0 Å². The summed E-state index contributed by atoms with van der Waals surface area (Å²) in [7, 11) is 0. The third kappa shape index (κ3) is 2.23. The number of rotatable bonds is 4. The smallest absolute Gasteiger partial charge is 0.148 e. The van der Waals surface area contributed by atoms with Crippen molar-refractivity contribution in [1.29, 1.82) is 0 Å². The standard InChI is InChI=1S/C8H16N4/c1-7(2)12-6-3-8(11-12)10-5-4-9/h3,6-7H,4-5,9H2,1-2H3,(H,10,11). The maximum Gasteiger partial charge on any atom is 0.148 e. The van der Waals surface area contributed by atoms with Crippen LogP contribution >= 0.6 is 0 Å². The molecule has 0 spiro atoms. The fraction of sp³-hybridized carbons (Fsp3) is 0.625. The second-order valence-corrected chi connectivity index (χ2v) is 2.99. The van der Waals surface area contributed by atoms with Gasteiger partial charge < -0.3 is 11.1 Å². The number of aromatic nitrogens is 2. The Labute approximate surface area is 72.8 Å². The van der Waals surface area contributed by atoms with Crippen LogP contribution in [0.3, 0.4) is 0 Å². The predicted octanol–water partition coefficient (Wildman–Crippen LogP) is 0.835. The van der Waals surface area contributed by atoms with Gasteiger partial charge in [0.25, 0.3) is 0 Å². The molecule has 1 aromatic heterocycles. The van der Waals surface area contributed by atoms with E-state index in [1.54, 1.807) is 0 Å². The molecular formula is C8H16N4. The Morgan fingerprint density at radius 2 is 2.42 bits per heavy atom.